The van der Waals surface area contributed by atoms with E-state index in [9.17, 15) is 9.59 Å². The van der Waals surface area contributed by atoms with Gasteiger partial charge in [-0.3, -0.25) is 14.2 Å². The van der Waals surface area contributed by atoms with Crippen LogP contribution >= 0.6 is 0 Å². The molecule has 9 nitrogen and oxygen atoms in total. The molecular formula is C24H30N4O5. The Kier molecular flexibility index (Phi) is 8.63. The van der Waals surface area contributed by atoms with E-state index < -0.39 is 0 Å². The van der Waals surface area contributed by atoms with E-state index >= 15 is 0 Å². The van der Waals surface area contributed by atoms with Crippen LogP contribution in [0.2, 0.25) is 0 Å². The SMILES string of the molecule is CCCCOc1ncccc1CNC(=O)CCCn1cnc2cc(OC)c(OC)cc2c1=O. The molecule has 3 aromatic rings. The number of rotatable bonds is 12. The molecular weight excluding hydrogens is 424 g/mol. The normalized spacial score (nSPS) is 10.8. The maximum atomic E-state index is 12.8. The van der Waals surface area contributed by atoms with Gasteiger partial charge in [0.2, 0.25) is 11.8 Å². The third kappa shape index (κ3) is 6.21. The maximum absolute atomic E-state index is 12.8. The fraction of sp³-hybridized carbons (Fsp3) is 0.417. The number of ether oxygens (including phenoxy) is 3. The van der Waals surface area contributed by atoms with Crippen molar-refractivity contribution in [2.75, 3.05) is 20.8 Å². The lowest BCUT2D eigenvalue weighted by Gasteiger charge is -2.11. The van der Waals surface area contributed by atoms with Crippen LogP contribution in [0.3, 0.4) is 0 Å². The van der Waals surface area contributed by atoms with Crippen LogP contribution in [-0.2, 0) is 17.9 Å². The summed E-state index contributed by atoms with van der Waals surface area (Å²) >= 11 is 0. The van der Waals surface area contributed by atoms with Gasteiger partial charge in [0, 0.05) is 37.3 Å². The number of carbonyl (C=O) groups is 1. The van der Waals surface area contributed by atoms with Gasteiger partial charge in [0.1, 0.15) is 0 Å². The summed E-state index contributed by atoms with van der Waals surface area (Å²) in [5.74, 6) is 1.42. The van der Waals surface area contributed by atoms with E-state index in [1.54, 1.807) is 18.3 Å². The van der Waals surface area contributed by atoms with Crippen molar-refractivity contribution in [3.63, 3.8) is 0 Å². The smallest absolute Gasteiger partial charge is 0.261 e. The zero-order chi connectivity index (χ0) is 23.6. The number of methoxy groups -OCH3 is 2. The van der Waals surface area contributed by atoms with Crippen molar-refractivity contribution in [3.8, 4) is 17.4 Å². The summed E-state index contributed by atoms with van der Waals surface area (Å²) in [5, 5.41) is 3.33. The van der Waals surface area contributed by atoms with Crippen LogP contribution in [0, 0.1) is 0 Å². The Hall–Kier alpha value is -3.62. The minimum absolute atomic E-state index is 0.105. The summed E-state index contributed by atoms with van der Waals surface area (Å²) in [6.07, 6.45) is 5.93. The first-order chi connectivity index (χ1) is 16.1. The number of benzene rings is 1. The van der Waals surface area contributed by atoms with Gasteiger partial charge in [0.15, 0.2) is 11.5 Å². The van der Waals surface area contributed by atoms with E-state index in [1.165, 1.54) is 25.1 Å². The number of nitrogens with zero attached hydrogens (tertiary/aromatic N) is 3. The lowest BCUT2D eigenvalue weighted by Crippen LogP contribution is -2.25. The lowest BCUT2D eigenvalue weighted by molar-refractivity contribution is -0.121. The highest BCUT2D eigenvalue weighted by atomic mass is 16.5. The quantitative estimate of drug-likeness (QED) is 0.419. The summed E-state index contributed by atoms with van der Waals surface area (Å²) in [4.78, 5) is 33.8. The first kappa shape index (κ1) is 24.0. The Morgan fingerprint density at radius 3 is 2.67 bits per heavy atom. The molecule has 9 heteroatoms. The molecule has 1 N–H and O–H groups in total. The van der Waals surface area contributed by atoms with E-state index in [4.69, 9.17) is 14.2 Å². The third-order valence-corrected chi connectivity index (χ3v) is 5.19. The Labute approximate surface area is 192 Å². The van der Waals surface area contributed by atoms with Gasteiger partial charge in [0.05, 0.1) is 38.1 Å². The number of amides is 1. The largest absolute Gasteiger partial charge is 0.493 e. The Bertz CT molecular complexity index is 1150. The van der Waals surface area contributed by atoms with Gasteiger partial charge in [-0.25, -0.2) is 9.97 Å². The maximum Gasteiger partial charge on any atom is 0.261 e. The monoisotopic (exact) mass is 454 g/mol. The molecule has 0 aliphatic carbocycles. The molecule has 0 aliphatic rings. The Balaban J connectivity index is 1.56. The molecule has 3 rings (SSSR count). The second kappa shape index (κ2) is 11.8. The first-order valence-corrected chi connectivity index (χ1v) is 11.0. The van der Waals surface area contributed by atoms with Gasteiger partial charge in [0.25, 0.3) is 5.56 Å². The summed E-state index contributed by atoms with van der Waals surface area (Å²) in [6.45, 7) is 3.41. The number of fused-ring (bicyclic) bond motifs is 1. The molecule has 0 radical (unpaired) electrons. The molecule has 176 valence electrons. The molecule has 0 bridgehead atoms. The minimum Gasteiger partial charge on any atom is -0.493 e. The molecule has 0 unspecified atom stereocenters. The Morgan fingerprint density at radius 1 is 1.12 bits per heavy atom. The predicted octanol–water partition coefficient (Wildman–Crippen LogP) is 3.08. The van der Waals surface area contributed by atoms with Gasteiger partial charge in [-0.15, -0.1) is 0 Å². The third-order valence-electron chi connectivity index (χ3n) is 5.19. The van der Waals surface area contributed by atoms with Crippen LogP contribution in [0.5, 0.6) is 17.4 Å². The fourth-order valence-electron chi connectivity index (χ4n) is 3.34. The summed E-state index contributed by atoms with van der Waals surface area (Å²) < 4.78 is 17.8. The van der Waals surface area contributed by atoms with E-state index in [-0.39, 0.29) is 17.9 Å². The van der Waals surface area contributed by atoms with Crippen LogP contribution in [0.15, 0.2) is 41.6 Å². The molecule has 0 spiro atoms. The van der Waals surface area contributed by atoms with Crippen LogP contribution in [-0.4, -0.2) is 41.3 Å². The number of aromatic nitrogens is 3. The van der Waals surface area contributed by atoms with Gasteiger partial charge >= 0.3 is 0 Å². The number of hydrogen-bond acceptors (Lipinski definition) is 7. The summed E-state index contributed by atoms with van der Waals surface area (Å²) in [5.41, 5.74) is 1.17. The number of hydrogen-bond donors (Lipinski definition) is 1. The second-order valence-electron chi connectivity index (χ2n) is 7.52. The molecule has 1 amide bonds. The standard InChI is InChI=1S/C24H30N4O5/c1-4-5-12-33-23-17(8-6-10-25-23)15-26-22(29)9-7-11-28-16-27-19-14-21(32-3)20(31-2)13-18(19)24(28)30/h6,8,10,13-14,16H,4-5,7,9,11-12,15H2,1-3H3,(H,26,29). The van der Waals surface area contributed by atoms with Crippen molar-refractivity contribution < 1.29 is 19.0 Å². The number of pyridine rings is 1. The average Bonchev–Trinajstić information content (AvgIpc) is 2.84. The second-order valence-corrected chi connectivity index (χ2v) is 7.52. The Morgan fingerprint density at radius 2 is 1.91 bits per heavy atom. The fourth-order valence-corrected chi connectivity index (χ4v) is 3.34. The molecule has 2 aromatic heterocycles. The van der Waals surface area contributed by atoms with Crippen molar-refractivity contribution in [3.05, 3.63) is 52.7 Å². The van der Waals surface area contributed by atoms with Crippen molar-refractivity contribution in [2.24, 2.45) is 0 Å². The van der Waals surface area contributed by atoms with Crippen molar-refractivity contribution in [1.29, 1.82) is 0 Å². The molecule has 0 aliphatic heterocycles. The number of aryl methyl sites for hydroxylation is 1. The highest BCUT2D eigenvalue weighted by Gasteiger charge is 2.12. The number of unbranched alkanes of at least 4 members (excludes halogenated alkanes) is 1. The zero-order valence-corrected chi connectivity index (χ0v) is 19.3. The molecule has 1 aromatic carbocycles. The van der Waals surface area contributed by atoms with Gasteiger partial charge in [-0.1, -0.05) is 19.4 Å². The van der Waals surface area contributed by atoms with E-state index in [0.717, 1.165) is 18.4 Å². The first-order valence-electron chi connectivity index (χ1n) is 11.0. The lowest BCUT2D eigenvalue weighted by atomic mass is 10.2. The minimum atomic E-state index is -0.189. The molecule has 0 fully saturated rings. The van der Waals surface area contributed by atoms with Crippen molar-refractivity contribution in [2.45, 2.75) is 45.7 Å². The van der Waals surface area contributed by atoms with Crippen molar-refractivity contribution >= 4 is 16.8 Å². The van der Waals surface area contributed by atoms with E-state index in [2.05, 4.69) is 22.2 Å². The molecule has 33 heavy (non-hydrogen) atoms. The van der Waals surface area contributed by atoms with Crippen LogP contribution in [0.1, 0.15) is 38.2 Å². The summed E-state index contributed by atoms with van der Waals surface area (Å²) in [6, 6.07) is 7.00. The van der Waals surface area contributed by atoms with Crippen LogP contribution in [0.4, 0.5) is 0 Å². The molecule has 0 atom stereocenters. The summed E-state index contributed by atoms with van der Waals surface area (Å²) in [7, 11) is 3.05. The van der Waals surface area contributed by atoms with E-state index in [1.807, 2.05) is 12.1 Å². The van der Waals surface area contributed by atoms with Gasteiger partial charge in [-0.2, -0.15) is 0 Å². The van der Waals surface area contributed by atoms with Gasteiger partial charge in [-0.05, 0) is 25.0 Å². The van der Waals surface area contributed by atoms with Crippen LogP contribution < -0.4 is 25.1 Å². The topological polar surface area (TPSA) is 105 Å². The molecule has 0 saturated heterocycles. The predicted molar refractivity (Wildman–Crippen MR) is 125 cm³/mol. The average molecular weight is 455 g/mol. The number of carbonyl (C=O) groups excluding carboxylic acids is 1. The highest BCUT2D eigenvalue weighted by Crippen LogP contribution is 2.29. The zero-order valence-electron chi connectivity index (χ0n) is 19.3. The van der Waals surface area contributed by atoms with E-state index in [0.29, 0.717) is 54.4 Å². The van der Waals surface area contributed by atoms with Gasteiger partial charge < -0.3 is 19.5 Å². The highest BCUT2D eigenvalue weighted by molar-refractivity contribution is 5.81. The molecule has 2 heterocycles. The van der Waals surface area contributed by atoms with Crippen LogP contribution in [0.25, 0.3) is 10.9 Å². The van der Waals surface area contributed by atoms with Crippen molar-refractivity contribution in [1.82, 2.24) is 19.9 Å². The molecule has 0 saturated carbocycles. The number of nitrogens with one attached hydrogen (secondary N) is 1.